The smallest absolute Gasteiger partial charge is 0.253 e. The average Bonchev–Trinajstić information content (AvgIpc) is 3.44. The maximum absolute atomic E-state index is 15.2. The Morgan fingerprint density at radius 1 is 1.15 bits per heavy atom. The van der Waals surface area contributed by atoms with E-state index in [9.17, 15) is 13.2 Å². The molecule has 0 radical (unpaired) electrons. The minimum Gasteiger partial charge on any atom is -0.464 e. The number of halogens is 4. The number of oxazole rings is 1. The van der Waals surface area contributed by atoms with Crippen LogP contribution in [0.5, 0.6) is 5.88 Å². The lowest BCUT2D eigenvalue weighted by atomic mass is 9.73. The van der Waals surface area contributed by atoms with Crippen molar-refractivity contribution < 1.29 is 26.7 Å². The van der Waals surface area contributed by atoms with Crippen LogP contribution in [0.25, 0.3) is 11.0 Å². The number of fused-ring (bicyclic) bond motifs is 1. The topological polar surface area (TPSA) is 124 Å². The quantitative estimate of drug-likeness (QED) is 0.251. The second-order valence-electron chi connectivity index (χ2n) is 9.72. The molecule has 0 saturated carbocycles. The van der Waals surface area contributed by atoms with Crippen molar-refractivity contribution >= 4 is 39.5 Å². The van der Waals surface area contributed by atoms with E-state index in [1.54, 1.807) is 13.0 Å². The van der Waals surface area contributed by atoms with E-state index in [1.807, 2.05) is 0 Å². The van der Waals surface area contributed by atoms with E-state index in [2.05, 4.69) is 30.2 Å². The Labute approximate surface area is 230 Å². The zero-order valence-electron chi connectivity index (χ0n) is 21.8. The molecule has 4 aromatic rings. The van der Waals surface area contributed by atoms with Crippen molar-refractivity contribution in [2.75, 3.05) is 5.32 Å². The Morgan fingerprint density at radius 2 is 1.93 bits per heavy atom. The van der Waals surface area contributed by atoms with Crippen LogP contribution in [-0.2, 0) is 5.54 Å². The summed E-state index contributed by atoms with van der Waals surface area (Å²) in [7, 11) is 0. The molecule has 1 unspecified atom stereocenters. The van der Waals surface area contributed by atoms with Gasteiger partial charge in [0, 0.05) is 29.4 Å². The van der Waals surface area contributed by atoms with Gasteiger partial charge in [-0.05, 0) is 32.9 Å². The van der Waals surface area contributed by atoms with Gasteiger partial charge in [-0.15, -0.1) is 0 Å². The summed E-state index contributed by atoms with van der Waals surface area (Å²) in [5, 5.41) is 2.81. The Morgan fingerprint density at radius 3 is 2.62 bits per heavy atom. The number of rotatable bonds is 7. The molecule has 9 nitrogen and oxygen atoms in total. The summed E-state index contributed by atoms with van der Waals surface area (Å²) in [5.41, 5.74) is 4.94. The first-order valence-corrected chi connectivity index (χ1v) is 13.0. The van der Waals surface area contributed by atoms with Crippen molar-refractivity contribution in [3.8, 4) is 5.88 Å². The first kappa shape index (κ1) is 27.6. The Balaban J connectivity index is 1.49. The van der Waals surface area contributed by atoms with E-state index < -0.39 is 40.4 Å². The maximum Gasteiger partial charge on any atom is 0.253 e. The SMILES string of the molecule is CC1[C@@](C)(C(F)F)SC(N)=N[C@]1(C)c1cc(Nc2nccc3nc(O[C@@H](C)c4ncco4)cnc23)cc(F)c1F. The van der Waals surface area contributed by atoms with Gasteiger partial charge in [-0.25, -0.2) is 37.5 Å². The molecule has 3 aromatic heterocycles. The molecule has 0 aliphatic carbocycles. The third-order valence-electron chi connectivity index (χ3n) is 7.17. The number of pyridine rings is 1. The minimum absolute atomic E-state index is 0.104. The Bertz CT molecular complexity index is 1590. The van der Waals surface area contributed by atoms with Gasteiger partial charge < -0.3 is 20.2 Å². The van der Waals surface area contributed by atoms with Gasteiger partial charge >= 0.3 is 0 Å². The fourth-order valence-corrected chi connectivity index (χ4v) is 5.84. The predicted molar refractivity (Wildman–Crippen MR) is 143 cm³/mol. The van der Waals surface area contributed by atoms with Gasteiger partial charge in [0.05, 0.1) is 28.2 Å². The number of aliphatic imine (C=N–C) groups is 1. The average molecular weight is 576 g/mol. The second kappa shape index (κ2) is 10.2. The molecule has 1 aliphatic rings. The van der Waals surface area contributed by atoms with Gasteiger partial charge in [-0.3, -0.25) is 4.99 Å². The molecule has 0 spiro atoms. The molecule has 1 aliphatic heterocycles. The zero-order chi connectivity index (χ0) is 28.8. The number of aromatic nitrogens is 4. The highest BCUT2D eigenvalue weighted by Gasteiger charge is 2.54. The largest absolute Gasteiger partial charge is 0.464 e. The van der Waals surface area contributed by atoms with Crippen molar-refractivity contribution in [3.63, 3.8) is 0 Å². The lowest BCUT2D eigenvalue weighted by molar-refractivity contribution is 0.0571. The molecule has 0 saturated heterocycles. The molecule has 0 fully saturated rings. The number of amidine groups is 1. The molecule has 3 N–H and O–H groups in total. The van der Waals surface area contributed by atoms with Crippen molar-refractivity contribution in [1.82, 2.24) is 19.9 Å². The van der Waals surface area contributed by atoms with Gasteiger partial charge in [0.25, 0.3) is 6.43 Å². The number of nitrogens with two attached hydrogens (primary N) is 1. The van der Waals surface area contributed by atoms with Crippen LogP contribution in [0.1, 0.15) is 45.3 Å². The molecular formula is C26H25F4N7O2S. The molecule has 210 valence electrons. The fourth-order valence-electron chi connectivity index (χ4n) is 4.66. The molecule has 5 rings (SSSR count). The lowest BCUT2D eigenvalue weighted by Crippen LogP contribution is -2.52. The third kappa shape index (κ3) is 4.80. The van der Waals surface area contributed by atoms with E-state index >= 15 is 4.39 Å². The molecule has 4 atom stereocenters. The van der Waals surface area contributed by atoms with Crippen LogP contribution < -0.4 is 15.8 Å². The lowest BCUT2D eigenvalue weighted by Gasteiger charge is -2.46. The summed E-state index contributed by atoms with van der Waals surface area (Å²) < 4.78 is 67.7. The van der Waals surface area contributed by atoms with E-state index in [4.69, 9.17) is 14.9 Å². The summed E-state index contributed by atoms with van der Waals surface area (Å²) in [6.07, 6.45) is 2.47. The van der Waals surface area contributed by atoms with Crippen LogP contribution in [0.2, 0.25) is 0 Å². The standard InChI is InChI=1S/C26H25F4N7O2S/c1-12(22-33-7-8-38-22)39-18-11-34-20-17(36-18)5-6-32-21(20)35-14-9-15(19(28)16(27)10-14)25(3)13(2)26(4,23(29)30)40-24(31)37-25/h5-13,23H,1-4H3,(H2,31,37)(H,32,35)/t12-,13?,25-,26-/m0/s1. The Kier molecular flexibility index (Phi) is 7.06. The van der Waals surface area contributed by atoms with Gasteiger partial charge in [0.2, 0.25) is 11.8 Å². The number of hydrogen-bond donors (Lipinski definition) is 2. The van der Waals surface area contributed by atoms with E-state index in [1.165, 1.54) is 51.7 Å². The first-order valence-electron chi connectivity index (χ1n) is 12.2. The molecule has 0 amide bonds. The highest BCUT2D eigenvalue weighted by atomic mass is 32.2. The highest BCUT2D eigenvalue weighted by molar-refractivity contribution is 8.15. The summed E-state index contributed by atoms with van der Waals surface area (Å²) in [6.45, 7) is 6.07. The van der Waals surface area contributed by atoms with Crippen LogP contribution in [-0.4, -0.2) is 36.3 Å². The third-order valence-corrected chi connectivity index (χ3v) is 8.45. The minimum atomic E-state index is -2.79. The van der Waals surface area contributed by atoms with Crippen molar-refractivity contribution in [1.29, 1.82) is 0 Å². The predicted octanol–water partition coefficient (Wildman–Crippen LogP) is 6.11. The number of benzene rings is 1. The Hall–Kier alpha value is -3.94. The van der Waals surface area contributed by atoms with Crippen LogP contribution in [0.3, 0.4) is 0 Å². The number of alkyl halides is 2. The molecule has 4 heterocycles. The number of ether oxygens (including phenoxy) is 1. The molecule has 40 heavy (non-hydrogen) atoms. The maximum atomic E-state index is 15.2. The van der Waals surface area contributed by atoms with E-state index in [0.717, 1.165) is 17.8 Å². The van der Waals surface area contributed by atoms with Crippen LogP contribution in [0, 0.1) is 17.6 Å². The number of anilines is 2. The van der Waals surface area contributed by atoms with Gasteiger partial charge in [-0.2, -0.15) is 0 Å². The molecule has 14 heteroatoms. The molecule has 1 aromatic carbocycles. The monoisotopic (exact) mass is 575 g/mol. The van der Waals surface area contributed by atoms with Crippen LogP contribution >= 0.6 is 11.8 Å². The fraction of sp³-hybridized carbons (Fsp3) is 0.346. The summed E-state index contributed by atoms with van der Waals surface area (Å²) >= 11 is 0.726. The van der Waals surface area contributed by atoms with Gasteiger partial charge in [0.1, 0.15) is 11.8 Å². The van der Waals surface area contributed by atoms with Crippen molar-refractivity contribution in [3.05, 3.63) is 66.1 Å². The van der Waals surface area contributed by atoms with Crippen molar-refractivity contribution in [2.45, 2.75) is 50.5 Å². The number of hydrogen-bond acceptors (Lipinski definition) is 10. The van der Waals surface area contributed by atoms with E-state index in [-0.39, 0.29) is 28.1 Å². The van der Waals surface area contributed by atoms with Crippen LogP contribution in [0.15, 0.2) is 52.5 Å². The summed E-state index contributed by atoms with van der Waals surface area (Å²) in [6, 6.07) is 3.86. The number of nitrogens with zero attached hydrogens (tertiary/aromatic N) is 5. The number of thioether (sulfide) groups is 1. The summed E-state index contributed by atoms with van der Waals surface area (Å²) in [4.78, 5) is 21.5. The zero-order valence-corrected chi connectivity index (χ0v) is 22.6. The molecule has 0 bridgehead atoms. The van der Waals surface area contributed by atoms with Crippen molar-refractivity contribution in [2.24, 2.45) is 16.6 Å². The molecular weight excluding hydrogens is 550 g/mol. The summed E-state index contributed by atoms with van der Waals surface area (Å²) in [5.74, 6) is -2.53. The number of nitrogens with one attached hydrogen (secondary N) is 1. The van der Waals surface area contributed by atoms with Gasteiger partial charge in [-0.1, -0.05) is 18.7 Å². The normalized spacial score (nSPS) is 23.7. The van der Waals surface area contributed by atoms with E-state index in [0.29, 0.717) is 16.9 Å². The highest BCUT2D eigenvalue weighted by Crippen LogP contribution is 2.53. The van der Waals surface area contributed by atoms with Crippen LogP contribution in [0.4, 0.5) is 29.1 Å². The first-order chi connectivity index (χ1) is 18.9. The second-order valence-corrected chi connectivity index (χ2v) is 11.2. The van der Waals surface area contributed by atoms with Gasteiger partial charge in [0.15, 0.2) is 28.7 Å².